The second kappa shape index (κ2) is 3.23. The van der Waals surface area contributed by atoms with Gasteiger partial charge in [-0.25, -0.2) is 0 Å². The van der Waals surface area contributed by atoms with Crippen molar-refractivity contribution in [3.05, 3.63) is 29.8 Å². The van der Waals surface area contributed by atoms with Crippen molar-refractivity contribution in [2.75, 3.05) is 5.32 Å². The third kappa shape index (κ3) is 1.08. The summed E-state index contributed by atoms with van der Waals surface area (Å²) >= 11 is 0. The second-order valence-electron chi connectivity index (χ2n) is 7.17. The van der Waals surface area contributed by atoms with Gasteiger partial charge in [-0.05, 0) is 67.4 Å². The number of hydrogen-bond donors (Lipinski definition) is 1. The Labute approximate surface area is 113 Å². The molecule has 0 radical (unpaired) electrons. The van der Waals surface area contributed by atoms with Crippen molar-refractivity contribution in [1.82, 2.24) is 0 Å². The lowest BCUT2D eigenvalue weighted by Gasteiger charge is -2.59. The number of carbonyl (C=O) groups is 1. The Bertz CT molecular complexity index is 548. The van der Waals surface area contributed by atoms with Crippen molar-refractivity contribution in [2.24, 2.45) is 23.7 Å². The first kappa shape index (κ1) is 10.5. The molecule has 4 saturated carbocycles. The van der Waals surface area contributed by atoms with E-state index in [2.05, 4.69) is 23.5 Å². The number of rotatable bonds is 0. The summed E-state index contributed by atoms with van der Waals surface area (Å²) in [5.41, 5.74) is 2.23. The molecule has 1 spiro atoms. The van der Waals surface area contributed by atoms with Crippen molar-refractivity contribution in [1.29, 1.82) is 0 Å². The summed E-state index contributed by atoms with van der Waals surface area (Å²) in [5, 5.41) is 3.18. The van der Waals surface area contributed by atoms with E-state index in [0.29, 0.717) is 17.7 Å². The molecule has 0 atom stereocenters. The van der Waals surface area contributed by atoms with Gasteiger partial charge in [-0.15, -0.1) is 0 Å². The Morgan fingerprint density at radius 1 is 0.947 bits per heavy atom. The normalized spacial score (nSPS) is 45.6. The minimum absolute atomic E-state index is 0.163. The van der Waals surface area contributed by atoms with Gasteiger partial charge in [0.25, 0.3) is 0 Å². The molecule has 0 aromatic heterocycles. The first-order chi connectivity index (χ1) is 9.28. The molecule has 1 N–H and O–H groups in total. The number of amides is 1. The van der Waals surface area contributed by atoms with Gasteiger partial charge in [-0.3, -0.25) is 4.79 Å². The molecule has 2 nitrogen and oxygen atoms in total. The van der Waals surface area contributed by atoms with E-state index in [1.807, 2.05) is 6.07 Å². The average Bonchev–Trinajstić information content (AvgIpc) is 2.68. The van der Waals surface area contributed by atoms with E-state index in [0.717, 1.165) is 17.5 Å². The second-order valence-corrected chi connectivity index (χ2v) is 7.17. The lowest BCUT2D eigenvalue weighted by atomic mass is 9.44. The third-order valence-electron chi connectivity index (χ3n) is 6.42. The summed E-state index contributed by atoms with van der Waals surface area (Å²) < 4.78 is 0. The van der Waals surface area contributed by atoms with Crippen molar-refractivity contribution in [2.45, 2.75) is 37.5 Å². The maximum atomic E-state index is 12.8. The van der Waals surface area contributed by atoms with Crippen LogP contribution >= 0.6 is 0 Å². The maximum Gasteiger partial charge on any atom is 0.235 e. The van der Waals surface area contributed by atoms with Crippen LogP contribution in [-0.2, 0) is 10.2 Å². The number of anilines is 1. The highest BCUT2D eigenvalue weighted by Gasteiger charge is 2.64. The van der Waals surface area contributed by atoms with Gasteiger partial charge in [0.15, 0.2) is 0 Å². The standard InChI is InChI=1S/C17H19NO/c19-16-17(14-3-1-2-4-15(14)18-16)12-6-10-5-11(8-12)9-13(17)7-10/h1-4,10-13H,5-9H2,(H,18,19). The van der Waals surface area contributed by atoms with Gasteiger partial charge >= 0.3 is 0 Å². The number of fused-ring (bicyclic) bond motifs is 1. The van der Waals surface area contributed by atoms with Crippen LogP contribution in [0.25, 0.3) is 0 Å². The van der Waals surface area contributed by atoms with Gasteiger partial charge in [-0.1, -0.05) is 18.2 Å². The molecule has 4 bridgehead atoms. The largest absolute Gasteiger partial charge is 0.325 e. The SMILES string of the molecule is O=C1Nc2ccccc2C12C1CC3CC(C1)CC2C3. The fraction of sp³-hybridized carbons (Fsp3) is 0.588. The summed E-state index contributed by atoms with van der Waals surface area (Å²) in [6.07, 6.45) is 6.58. The van der Waals surface area contributed by atoms with Gasteiger partial charge in [0.1, 0.15) is 0 Å². The van der Waals surface area contributed by atoms with Gasteiger partial charge in [0, 0.05) is 5.69 Å². The van der Waals surface area contributed by atoms with Crippen LogP contribution in [0.3, 0.4) is 0 Å². The van der Waals surface area contributed by atoms with Gasteiger partial charge in [0.05, 0.1) is 5.41 Å². The van der Waals surface area contributed by atoms with Crippen molar-refractivity contribution < 1.29 is 4.79 Å². The zero-order valence-corrected chi connectivity index (χ0v) is 11.1. The molecule has 1 aliphatic heterocycles. The van der Waals surface area contributed by atoms with Crippen LogP contribution in [0.5, 0.6) is 0 Å². The first-order valence-corrected chi connectivity index (χ1v) is 7.69. The number of nitrogens with one attached hydrogen (secondary N) is 1. The van der Waals surface area contributed by atoms with Crippen LogP contribution in [0, 0.1) is 23.7 Å². The van der Waals surface area contributed by atoms with E-state index in [4.69, 9.17) is 0 Å². The zero-order chi connectivity index (χ0) is 12.6. The Kier molecular flexibility index (Phi) is 1.78. The molecule has 4 fully saturated rings. The monoisotopic (exact) mass is 253 g/mol. The minimum atomic E-state index is -0.163. The van der Waals surface area contributed by atoms with Crippen molar-refractivity contribution in [3.63, 3.8) is 0 Å². The van der Waals surface area contributed by atoms with Crippen LogP contribution in [0.1, 0.15) is 37.7 Å². The lowest BCUT2D eigenvalue weighted by molar-refractivity contribution is -0.137. The predicted molar refractivity (Wildman–Crippen MR) is 73.8 cm³/mol. The van der Waals surface area contributed by atoms with Gasteiger partial charge in [-0.2, -0.15) is 0 Å². The van der Waals surface area contributed by atoms with Crippen LogP contribution in [0.4, 0.5) is 5.69 Å². The van der Waals surface area contributed by atoms with Crippen LogP contribution in [-0.4, -0.2) is 5.91 Å². The molecular weight excluding hydrogens is 234 g/mol. The number of para-hydroxylation sites is 1. The molecule has 5 aliphatic rings. The third-order valence-corrected chi connectivity index (χ3v) is 6.42. The Morgan fingerprint density at radius 2 is 1.58 bits per heavy atom. The average molecular weight is 253 g/mol. The van der Waals surface area contributed by atoms with E-state index in [-0.39, 0.29) is 5.41 Å². The Hall–Kier alpha value is -1.31. The molecule has 1 aromatic rings. The molecule has 0 unspecified atom stereocenters. The quantitative estimate of drug-likeness (QED) is 0.755. The molecule has 98 valence electrons. The molecule has 4 aliphatic carbocycles. The first-order valence-electron chi connectivity index (χ1n) is 7.69. The molecule has 1 heterocycles. The molecular formula is C17H19NO. The maximum absolute atomic E-state index is 12.8. The molecule has 1 amide bonds. The van der Waals surface area contributed by atoms with Crippen molar-refractivity contribution >= 4 is 11.6 Å². The summed E-state index contributed by atoms with van der Waals surface area (Å²) in [6, 6.07) is 8.42. The highest BCUT2D eigenvalue weighted by Crippen LogP contribution is 2.65. The molecule has 1 aromatic carbocycles. The van der Waals surface area contributed by atoms with Crippen LogP contribution < -0.4 is 5.32 Å². The number of benzene rings is 1. The summed E-state index contributed by atoms with van der Waals surface area (Å²) in [6.45, 7) is 0. The summed E-state index contributed by atoms with van der Waals surface area (Å²) in [4.78, 5) is 12.8. The Balaban J connectivity index is 1.74. The highest BCUT2D eigenvalue weighted by atomic mass is 16.2. The van der Waals surface area contributed by atoms with E-state index in [1.54, 1.807) is 0 Å². The number of hydrogen-bond acceptors (Lipinski definition) is 1. The minimum Gasteiger partial charge on any atom is -0.325 e. The number of carbonyl (C=O) groups excluding carboxylic acids is 1. The summed E-state index contributed by atoms with van der Waals surface area (Å²) in [5.74, 6) is 3.34. The van der Waals surface area contributed by atoms with Crippen molar-refractivity contribution in [3.8, 4) is 0 Å². The molecule has 0 saturated heterocycles. The Morgan fingerprint density at radius 3 is 2.26 bits per heavy atom. The van der Waals surface area contributed by atoms with E-state index in [1.165, 1.54) is 37.7 Å². The fourth-order valence-corrected chi connectivity index (χ4v) is 6.04. The summed E-state index contributed by atoms with van der Waals surface area (Å²) in [7, 11) is 0. The van der Waals surface area contributed by atoms with E-state index < -0.39 is 0 Å². The van der Waals surface area contributed by atoms with Gasteiger partial charge < -0.3 is 5.32 Å². The molecule has 6 rings (SSSR count). The predicted octanol–water partition coefficient (Wildman–Crippen LogP) is 3.33. The topological polar surface area (TPSA) is 29.1 Å². The van der Waals surface area contributed by atoms with Crippen LogP contribution in [0.15, 0.2) is 24.3 Å². The van der Waals surface area contributed by atoms with E-state index >= 15 is 0 Å². The van der Waals surface area contributed by atoms with E-state index in [9.17, 15) is 4.79 Å². The van der Waals surface area contributed by atoms with Crippen LogP contribution in [0.2, 0.25) is 0 Å². The highest BCUT2D eigenvalue weighted by molar-refractivity contribution is 6.07. The van der Waals surface area contributed by atoms with Gasteiger partial charge in [0.2, 0.25) is 5.91 Å². The lowest BCUT2D eigenvalue weighted by Crippen LogP contribution is -2.58. The smallest absolute Gasteiger partial charge is 0.235 e. The zero-order valence-electron chi connectivity index (χ0n) is 11.1. The molecule has 2 heteroatoms. The fourth-order valence-electron chi connectivity index (χ4n) is 6.04. The molecule has 19 heavy (non-hydrogen) atoms.